The molecule has 2 saturated heterocycles. The lowest BCUT2D eigenvalue weighted by Gasteiger charge is -2.28. The van der Waals surface area contributed by atoms with Crippen LogP contribution in [0, 0.1) is 0 Å². The van der Waals surface area contributed by atoms with Crippen LogP contribution in [0.2, 0.25) is 0 Å². The Morgan fingerprint density at radius 3 is 2.82 bits per heavy atom. The van der Waals surface area contributed by atoms with Gasteiger partial charge in [-0.1, -0.05) is 6.07 Å². The third-order valence-electron chi connectivity index (χ3n) is 5.49. The van der Waals surface area contributed by atoms with Crippen LogP contribution in [0.3, 0.4) is 0 Å². The summed E-state index contributed by atoms with van der Waals surface area (Å²) in [5, 5.41) is 0. The predicted octanol–water partition coefficient (Wildman–Crippen LogP) is 4.26. The van der Waals surface area contributed by atoms with E-state index in [1.165, 1.54) is 60.9 Å². The first-order chi connectivity index (χ1) is 10.8. The van der Waals surface area contributed by atoms with Gasteiger partial charge in [-0.2, -0.15) is 11.8 Å². The fourth-order valence-electron chi connectivity index (χ4n) is 4.02. The average molecular weight is 335 g/mol. The van der Waals surface area contributed by atoms with Gasteiger partial charge in [0.05, 0.1) is 11.6 Å². The minimum Gasteiger partial charge on any atom is -0.359 e. The molecule has 0 bridgehead atoms. The normalized spacial score (nSPS) is 26.6. The molecule has 1 atom stereocenters. The number of likely N-dealkylation sites (tertiary alicyclic amines) is 1. The molecule has 1 aromatic carbocycles. The lowest BCUT2D eigenvalue weighted by Crippen LogP contribution is -2.37. The highest BCUT2D eigenvalue weighted by Crippen LogP contribution is 2.42. The molecule has 0 spiro atoms. The van der Waals surface area contributed by atoms with Gasteiger partial charge in [-0.3, -0.25) is 0 Å². The third-order valence-corrected chi connectivity index (χ3v) is 7.64. The van der Waals surface area contributed by atoms with Crippen LogP contribution in [0.5, 0.6) is 0 Å². The zero-order chi connectivity index (χ0) is 14.9. The van der Waals surface area contributed by atoms with Gasteiger partial charge < -0.3 is 9.80 Å². The molecule has 3 aliphatic rings. The average Bonchev–Trinajstić information content (AvgIpc) is 3.15. The van der Waals surface area contributed by atoms with Crippen LogP contribution in [0.1, 0.15) is 37.2 Å². The molecule has 120 valence electrons. The summed E-state index contributed by atoms with van der Waals surface area (Å²) in [7, 11) is 2.29. The van der Waals surface area contributed by atoms with Crippen molar-refractivity contribution in [1.29, 1.82) is 0 Å². The number of hydrogen-bond donors (Lipinski definition) is 0. The molecule has 3 heterocycles. The molecule has 4 rings (SSSR count). The summed E-state index contributed by atoms with van der Waals surface area (Å²) in [6.07, 6.45) is 5.46. The van der Waals surface area contributed by atoms with Crippen molar-refractivity contribution in [2.75, 3.05) is 42.4 Å². The number of nitrogens with zero attached hydrogens (tertiary/aromatic N) is 2. The summed E-state index contributed by atoms with van der Waals surface area (Å²) in [4.78, 5) is 6.67. The van der Waals surface area contributed by atoms with Gasteiger partial charge >= 0.3 is 0 Å². The smallest absolute Gasteiger partial charge is 0.0687 e. The van der Waals surface area contributed by atoms with Crippen LogP contribution in [-0.2, 0) is 0 Å². The predicted molar refractivity (Wildman–Crippen MR) is 99.5 cm³/mol. The summed E-state index contributed by atoms with van der Waals surface area (Å²) in [6, 6.07) is 8.05. The Kier molecular flexibility index (Phi) is 4.61. The molecule has 0 aromatic heterocycles. The molecule has 1 unspecified atom stereocenters. The van der Waals surface area contributed by atoms with Gasteiger partial charge in [-0.25, -0.2) is 0 Å². The Labute approximate surface area is 143 Å². The number of likely N-dealkylation sites (N-methyl/N-ethyl adjacent to an activating group) is 1. The van der Waals surface area contributed by atoms with Gasteiger partial charge in [0.15, 0.2) is 0 Å². The lowest BCUT2D eigenvalue weighted by molar-refractivity contribution is 0.314. The number of hydrogen-bond acceptors (Lipinski definition) is 4. The zero-order valence-corrected chi connectivity index (χ0v) is 15.1. The van der Waals surface area contributed by atoms with Crippen LogP contribution in [0.15, 0.2) is 23.1 Å². The second-order valence-electron chi connectivity index (χ2n) is 6.89. The van der Waals surface area contributed by atoms with E-state index in [2.05, 4.69) is 46.8 Å². The van der Waals surface area contributed by atoms with E-state index in [1.54, 1.807) is 5.56 Å². The van der Waals surface area contributed by atoms with Crippen LogP contribution in [0.4, 0.5) is 5.69 Å². The maximum absolute atomic E-state index is 2.63. The third kappa shape index (κ3) is 3.02. The van der Waals surface area contributed by atoms with E-state index in [1.807, 2.05) is 11.8 Å². The van der Waals surface area contributed by atoms with Crippen molar-refractivity contribution in [2.24, 2.45) is 0 Å². The largest absolute Gasteiger partial charge is 0.359 e. The first kappa shape index (κ1) is 15.2. The number of rotatable bonds is 3. The number of fused-ring (bicyclic) bond motifs is 1. The van der Waals surface area contributed by atoms with Gasteiger partial charge in [-0.05, 0) is 74.4 Å². The molecule has 0 radical (unpaired) electrons. The highest BCUT2D eigenvalue weighted by molar-refractivity contribution is 8.00. The Morgan fingerprint density at radius 1 is 1.18 bits per heavy atom. The number of benzene rings is 1. The fraction of sp³-hybridized carbons (Fsp3) is 0.667. The second-order valence-corrected chi connectivity index (χ2v) is 9.10. The standard InChI is InChI=1S/C18H26N2S2/c1-19-8-2-3-16(19)12-20-13-22-18-5-4-15(11-17(18)20)14-6-9-21-10-7-14/h4-5,11,14,16H,2-3,6-10,12-13H2,1H3. The van der Waals surface area contributed by atoms with Crippen molar-refractivity contribution in [2.45, 2.75) is 42.5 Å². The maximum atomic E-state index is 2.63. The monoisotopic (exact) mass is 334 g/mol. The van der Waals surface area contributed by atoms with Crippen molar-refractivity contribution in [3.8, 4) is 0 Å². The Hall–Kier alpha value is -0.320. The van der Waals surface area contributed by atoms with Gasteiger partial charge in [0, 0.05) is 17.5 Å². The zero-order valence-electron chi connectivity index (χ0n) is 13.5. The molecule has 2 fully saturated rings. The quantitative estimate of drug-likeness (QED) is 0.814. The summed E-state index contributed by atoms with van der Waals surface area (Å²) >= 11 is 4.14. The lowest BCUT2D eigenvalue weighted by atomic mass is 9.93. The Balaban J connectivity index is 1.52. The van der Waals surface area contributed by atoms with Crippen molar-refractivity contribution in [1.82, 2.24) is 4.90 Å². The van der Waals surface area contributed by atoms with Gasteiger partial charge in [-0.15, -0.1) is 11.8 Å². The highest BCUT2D eigenvalue weighted by Gasteiger charge is 2.28. The molecule has 1 aromatic rings. The van der Waals surface area contributed by atoms with Crippen LogP contribution in [-0.4, -0.2) is 48.5 Å². The van der Waals surface area contributed by atoms with Crippen LogP contribution in [0.25, 0.3) is 0 Å². The molecule has 0 saturated carbocycles. The molecule has 0 amide bonds. The Bertz CT molecular complexity index is 528. The molecule has 4 heteroatoms. The summed E-state index contributed by atoms with van der Waals surface area (Å²) in [5.74, 6) is 4.62. The molecule has 0 aliphatic carbocycles. The van der Waals surface area contributed by atoms with E-state index >= 15 is 0 Å². The van der Waals surface area contributed by atoms with Crippen molar-refractivity contribution in [3.05, 3.63) is 23.8 Å². The topological polar surface area (TPSA) is 6.48 Å². The van der Waals surface area contributed by atoms with Gasteiger partial charge in [0.25, 0.3) is 0 Å². The highest BCUT2D eigenvalue weighted by atomic mass is 32.2. The molecular weight excluding hydrogens is 308 g/mol. The van der Waals surface area contributed by atoms with Crippen molar-refractivity contribution < 1.29 is 0 Å². The minimum absolute atomic E-state index is 0.751. The maximum Gasteiger partial charge on any atom is 0.0687 e. The summed E-state index contributed by atoms with van der Waals surface area (Å²) < 4.78 is 0. The SMILES string of the molecule is CN1CCCC1CN1CSc2ccc(C3CCSCC3)cc21. The molecule has 0 N–H and O–H groups in total. The van der Waals surface area contributed by atoms with Crippen molar-refractivity contribution >= 4 is 29.2 Å². The molecular formula is C18H26N2S2. The molecule has 2 nitrogen and oxygen atoms in total. The van der Waals surface area contributed by atoms with Gasteiger partial charge in [0.2, 0.25) is 0 Å². The Morgan fingerprint density at radius 2 is 2.05 bits per heavy atom. The van der Waals surface area contributed by atoms with E-state index in [9.17, 15) is 0 Å². The van der Waals surface area contributed by atoms with Gasteiger partial charge in [0.1, 0.15) is 0 Å². The molecule has 22 heavy (non-hydrogen) atoms. The van der Waals surface area contributed by atoms with E-state index in [0.29, 0.717) is 0 Å². The van der Waals surface area contributed by atoms with E-state index in [4.69, 9.17) is 0 Å². The summed E-state index contributed by atoms with van der Waals surface area (Å²) in [5.41, 5.74) is 3.10. The fourth-order valence-corrected chi connectivity index (χ4v) is 6.17. The number of thioether (sulfide) groups is 2. The van der Waals surface area contributed by atoms with E-state index in [-0.39, 0.29) is 0 Å². The van der Waals surface area contributed by atoms with Crippen molar-refractivity contribution in [3.63, 3.8) is 0 Å². The molecule has 3 aliphatic heterocycles. The summed E-state index contributed by atoms with van der Waals surface area (Å²) in [6.45, 7) is 2.48. The second kappa shape index (κ2) is 6.66. The van der Waals surface area contributed by atoms with E-state index < -0.39 is 0 Å². The first-order valence-electron chi connectivity index (χ1n) is 8.61. The van der Waals surface area contributed by atoms with Crippen LogP contribution >= 0.6 is 23.5 Å². The first-order valence-corrected chi connectivity index (χ1v) is 10.7. The number of anilines is 1. The van der Waals surface area contributed by atoms with E-state index in [0.717, 1.165) is 17.8 Å². The van der Waals surface area contributed by atoms with Crippen LogP contribution < -0.4 is 4.90 Å². The minimum atomic E-state index is 0.751.